The molecule has 4 saturated heterocycles. The van der Waals surface area contributed by atoms with Gasteiger partial charge in [0.25, 0.3) is 0 Å². The number of amides is 17. The molecule has 0 bridgehead atoms. The Morgan fingerprint density at radius 3 is 1.70 bits per heavy atom. The topological polar surface area (TPSA) is 626 Å². The zero-order valence-electron chi connectivity index (χ0n) is 76.6. The van der Waals surface area contributed by atoms with Crippen LogP contribution in [-0.4, -0.2) is 306 Å². The van der Waals surface area contributed by atoms with Crippen LogP contribution in [0.25, 0.3) is 21.0 Å². The number of aromatic nitrogens is 3. The van der Waals surface area contributed by atoms with Crippen LogP contribution >= 0.6 is 23.1 Å². The maximum Gasteiger partial charge on any atom is 0.246 e. The molecule has 44 heteroatoms. The molecule has 135 heavy (non-hydrogen) atoms. The Hall–Kier alpha value is -13.3. The average Bonchev–Trinajstić information content (AvgIpc) is 1.61. The number of likely N-dealkylation sites (N-methyl/N-ethyl adjacent to an activating group) is 2. The average molecular weight is 1910 g/mol. The Balaban J connectivity index is 1.01. The number of phenolic OH excluding ortho intramolecular Hbond substituents is 1. The number of nitrogens with zero attached hydrogens (tertiary/aromatic N) is 6. The molecular formula is C91H125N23O19S2. The van der Waals surface area contributed by atoms with Gasteiger partial charge in [-0.3, -0.25) is 86.9 Å². The van der Waals surface area contributed by atoms with Crippen molar-refractivity contribution in [2.45, 2.75) is 234 Å². The second kappa shape index (κ2) is 49.6. The number of H-pyrrole nitrogens is 2. The molecule has 3 aromatic carbocycles. The largest absolute Gasteiger partial charge is 0.508 e. The summed E-state index contributed by atoms with van der Waals surface area (Å²) in [6.07, 6.45) is 4.04. The van der Waals surface area contributed by atoms with Crippen LogP contribution in [0, 0.1) is 11.3 Å². The summed E-state index contributed by atoms with van der Waals surface area (Å²) in [6, 6.07) is -0.128. The number of nitrogens with one attached hydrogen (secondary N) is 14. The van der Waals surface area contributed by atoms with Crippen molar-refractivity contribution in [3.63, 3.8) is 0 Å². The molecular weight excluding hydrogens is 1780 g/mol. The predicted molar refractivity (Wildman–Crippen MR) is 500 cm³/mol. The van der Waals surface area contributed by atoms with Crippen molar-refractivity contribution in [3.8, 4) is 5.75 Å². The van der Waals surface area contributed by atoms with Gasteiger partial charge in [0, 0.05) is 118 Å². The summed E-state index contributed by atoms with van der Waals surface area (Å²) in [4.78, 5) is 267. The summed E-state index contributed by atoms with van der Waals surface area (Å²) >= 11 is 2.16. The van der Waals surface area contributed by atoms with Crippen molar-refractivity contribution in [3.05, 3.63) is 119 Å². The van der Waals surface area contributed by atoms with Gasteiger partial charge in [-0.2, -0.15) is 0 Å². The molecule has 0 aliphatic carbocycles. The molecule has 10 rings (SSSR count). The summed E-state index contributed by atoms with van der Waals surface area (Å²) in [7, 11) is 2.64. The third kappa shape index (κ3) is 28.7. The van der Waals surface area contributed by atoms with Crippen LogP contribution in [0.5, 0.6) is 5.75 Å². The Morgan fingerprint density at radius 2 is 1.09 bits per heavy atom. The van der Waals surface area contributed by atoms with Gasteiger partial charge in [-0.05, 0) is 142 Å². The highest BCUT2D eigenvalue weighted by atomic mass is 32.2. The zero-order chi connectivity index (χ0) is 97.9. The number of rotatable bonds is 25. The Morgan fingerprint density at radius 1 is 0.548 bits per heavy atom. The molecule has 0 radical (unpaired) electrons. The van der Waals surface area contributed by atoms with Crippen molar-refractivity contribution >= 4 is 150 Å². The highest BCUT2D eigenvalue weighted by molar-refractivity contribution is 8.00. The van der Waals surface area contributed by atoms with Gasteiger partial charge in [0.1, 0.15) is 90.3 Å². The molecule has 4 fully saturated rings. The number of unbranched alkanes of at least 4 members (excludes halogenated alkanes) is 1. The number of aromatic hydroxyl groups is 1. The summed E-state index contributed by atoms with van der Waals surface area (Å²) in [5.74, 6) is -16.3. The van der Waals surface area contributed by atoms with Crippen LogP contribution in [0.2, 0.25) is 0 Å². The van der Waals surface area contributed by atoms with Gasteiger partial charge in [0.05, 0.1) is 18.6 Å². The summed E-state index contributed by atoms with van der Waals surface area (Å²) in [5.41, 5.74) is 19.3. The first kappa shape index (κ1) is 104. The third-order valence-corrected chi connectivity index (χ3v) is 26.6. The van der Waals surface area contributed by atoms with Crippen LogP contribution in [0.1, 0.15) is 146 Å². The van der Waals surface area contributed by atoms with Gasteiger partial charge >= 0.3 is 0 Å². The number of guanidine groups is 1. The monoisotopic (exact) mass is 1910 g/mol. The van der Waals surface area contributed by atoms with E-state index in [2.05, 4.69) is 73.4 Å². The third-order valence-electron chi connectivity index (χ3n) is 24.6. The van der Waals surface area contributed by atoms with Crippen molar-refractivity contribution < 1.29 is 91.7 Å². The number of carbonyl (C=O) groups is 17. The molecule has 0 spiro atoms. The molecule has 0 saturated carbocycles. The number of phenols is 1. The van der Waals surface area contributed by atoms with Gasteiger partial charge < -0.3 is 120 Å². The van der Waals surface area contributed by atoms with E-state index in [1.807, 2.05) is 30.5 Å². The van der Waals surface area contributed by atoms with E-state index >= 15 is 43.2 Å². The summed E-state index contributed by atoms with van der Waals surface area (Å²) in [6.45, 7) is 5.35. The van der Waals surface area contributed by atoms with E-state index in [1.54, 1.807) is 50.4 Å². The number of hydrogen-bond acceptors (Lipinski definition) is 23. The van der Waals surface area contributed by atoms with Crippen LogP contribution < -0.4 is 75.7 Å². The molecule has 4 aliphatic rings. The molecule has 730 valence electrons. The minimum Gasteiger partial charge on any atom is -0.508 e. The number of benzene rings is 3. The first-order valence-electron chi connectivity index (χ1n) is 45.6. The number of imidazole rings is 1. The summed E-state index contributed by atoms with van der Waals surface area (Å²) < 4.78 is 0.840. The lowest BCUT2D eigenvalue weighted by molar-refractivity contribution is -0.149. The fourth-order valence-corrected chi connectivity index (χ4v) is 19.1. The molecule has 22 N–H and O–H groups in total. The SMILES string of the molecule is CCCC[C@H]1C(=O)N2CCC[C@@H]2C(=O)N[C@@H](CCCNC(=N)N)C(=O)N[C@H](C(=O)NCC(N)=O)CSCC(=O)N[C@@H](Cc2ccc(O)cc2)C(=O)N(C)[C@@H](C)C(=O)N[C@@H](CCC(N)=O)C(=O)N2CCC[C@H]2C(=O)N[C@@H](Cc2cnc[nH]2)C(=O)N[C@@H](CC(C)C)C(=O)N2CCC[C@H]2C(=O)N[C@@H](Cc2c[nH]c3ccccc23)C(=O)N[C@@H](CCO)C(=O)N[C@@H](Cc2csc3ccccc23)C(=O)N1C. The number of carbonyl (C=O) groups excluding carboxylic acids is 17. The van der Waals surface area contributed by atoms with Gasteiger partial charge in [0.2, 0.25) is 100 Å². The van der Waals surface area contributed by atoms with Gasteiger partial charge in [-0.25, -0.2) is 4.98 Å². The van der Waals surface area contributed by atoms with Crippen LogP contribution in [0.15, 0.2) is 96.9 Å². The Bertz CT molecular complexity index is 5250. The number of thioether (sulfide) groups is 1. The molecule has 6 aromatic rings. The van der Waals surface area contributed by atoms with Crippen molar-refractivity contribution in [2.75, 3.05) is 64.9 Å². The first-order chi connectivity index (χ1) is 64.5. The number of aromatic amines is 2. The lowest BCUT2D eigenvalue weighted by atomic mass is 10.00. The van der Waals surface area contributed by atoms with Crippen LogP contribution in [0.3, 0.4) is 0 Å². The highest BCUT2D eigenvalue weighted by Crippen LogP contribution is 2.31. The maximum absolute atomic E-state index is 15.8. The lowest BCUT2D eigenvalue weighted by Crippen LogP contribution is -2.61. The number of hydrogen-bond donors (Lipinski definition) is 19. The van der Waals surface area contributed by atoms with Gasteiger partial charge in [-0.15, -0.1) is 23.1 Å². The quantitative estimate of drug-likeness (QED) is 0.0178. The molecule has 42 nitrogen and oxygen atoms in total. The lowest BCUT2D eigenvalue weighted by Gasteiger charge is -2.35. The normalized spacial score (nSPS) is 24.6. The smallest absolute Gasteiger partial charge is 0.246 e. The van der Waals surface area contributed by atoms with E-state index in [4.69, 9.17) is 22.6 Å². The fourth-order valence-electron chi connectivity index (χ4n) is 17.2. The summed E-state index contributed by atoms with van der Waals surface area (Å²) in [5, 5.41) is 61.9. The molecule has 7 heterocycles. The van der Waals surface area contributed by atoms with E-state index in [9.17, 15) is 48.6 Å². The second-order valence-electron chi connectivity index (χ2n) is 34.9. The predicted octanol–water partition coefficient (Wildman–Crippen LogP) is -1.41. The van der Waals surface area contributed by atoms with Crippen LogP contribution in [0.4, 0.5) is 0 Å². The molecule has 14 atom stereocenters. The second-order valence-corrected chi connectivity index (χ2v) is 36.9. The molecule has 4 aliphatic heterocycles. The van der Waals surface area contributed by atoms with E-state index in [0.29, 0.717) is 46.1 Å². The number of aliphatic hydroxyl groups excluding tert-OH is 1. The Kier molecular flexibility index (Phi) is 38.2. The number of primary amides is 2. The minimum atomic E-state index is -1.62. The standard InChI is InChI=1S/C91H125N23O19S2/c1-7-8-21-72-90(133)114-36-16-24-71(114)83(126)103-60(20-13-33-97-91(94)95)79(122)109-68(78(121)99-45-75(93)118)47-134-48-76(119)101-66(39-52-26-28-56(116)29-27-52)86(129)110(5)51(4)77(120)104-62(30-31-74(92)117)88(131)112-34-14-22-69(112)85(128)106-64(42-55-44-96-49-100-55)82(125)107-65(38-50(2)3)89(132)113-35-15-23-70(113)84(127)105-63(40-53-43-98-59-19-11-9-17-57(53)59)81(124)102-61(32-37-115)80(123)108-67(87(130)111(72)6)41-54-46-135-73-25-12-10-18-58(54)73/h9-12,17-19,25-29,43-44,46,49-51,60-72,98,115-116H,7-8,13-16,20-24,30-42,45,47-48H2,1-6H3,(H2,92,117)(H2,93,118)(H,96,100)(H,99,121)(H,101,119)(H,102,124)(H,103,126)(H,104,120)(H,105,127)(H,106,128)(H,107,125)(H,108,123)(H,109,122)(H4,94,95,97)/t51-,60-,61-,62-,63-,64-,65-,66-,67-,68-,69-,70-,71+,72-/m0/s1. The Labute approximate surface area is 788 Å². The van der Waals surface area contributed by atoms with E-state index in [-0.39, 0.29) is 128 Å². The fraction of sp³-hybridized carbons (Fsp3) is 0.527. The van der Waals surface area contributed by atoms with Crippen molar-refractivity contribution in [1.29, 1.82) is 5.41 Å². The van der Waals surface area contributed by atoms with Crippen molar-refractivity contribution in [1.82, 2.24) is 97.9 Å². The van der Waals surface area contributed by atoms with Gasteiger partial charge in [-0.1, -0.05) is 82.1 Å². The highest BCUT2D eigenvalue weighted by Gasteiger charge is 2.46. The van der Waals surface area contributed by atoms with E-state index < -0.39 is 235 Å². The van der Waals surface area contributed by atoms with Crippen LogP contribution in [-0.2, 0) is 107 Å². The number of para-hydroxylation sites is 1. The molecule has 0 unspecified atom stereocenters. The zero-order valence-corrected chi connectivity index (χ0v) is 78.2. The first-order valence-corrected chi connectivity index (χ1v) is 47.6. The van der Waals surface area contributed by atoms with Crippen molar-refractivity contribution in [2.24, 2.45) is 23.1 Å². The molecule has 3 aromatic heterocycles. The number of aliphatic hydroxyl groups is 1. The van der Waals surface area contributed by atoms with E-state index in [1.165, 1.54) is 88.7 Å². The number of thiophene rings is 1. The maximum atomic E-state index is 15.8. The minimum absolute atomic E-state index is 0.00530. The number of fused-ring (bicyclic) bond motifs is 5. The van der Waals surface area contributed by atoms with Gasteiger partial charge in [0.15, 0.2) is 5.96 Å². The number of nitrogens with two attached hydrogens (primary N) is 3. The van der Waals surface area contributed by atoms with E-state index in [0.717, 1.165) is 26.7 Å². The molecule has 17 amide bonds.